The van der Waals surface area contributed by atoms with Crippen molar-refractivity contribution in [1.29, 1.82) is 0 Å². The van der Waals surface area contributed by atoms with E-state index in [0.29, 0.717) is 5.15 Å². The topological polar surface area (TPSA) is 30.2 Å². The Labute approximate surface area is 75.0 Å². The first-order chi connectivity index (χ1) is 5.70. The summed E-state index contributed by atoms with van der Waals surface area (Å²) >= 11 is 5.90. The monoisotopic (exact) mass is 181 g/mol. The minimum absolute atomic E-state index is 0.510. The van der Waals surface area contributed by atoms with E-state index in [1.807, 2.05) is 19.9 Å². The lowest BCUT2D eigenvalue weighted by atomic mass is 10.3. The Hall–Kier alpha value is -1.09. The lowest BCUT2D eigenvalue weighted by Gasteiger charge is -1.96. The van der Waals surface area contributed by atoms with E-state index in [1.165, 1.54) is 6.33 Å². The molecule has 0 aliphatic carbocycles. The van der Waals surface area contributed by atoms with E-state index >= 15 is 0 Å². The van der Waals surface area contributed by atoms with E-state index in [-0.39, 0.29) is 0 Å². The lowest BCUT2D eigenvalue weighted by molar-refractivity contribution is 0.871. The predicted octanol–water partition coefficient (Wildman–Crippen LogP) is 2.00. The van der Waals surface area contributed by atoms with Gasteiger partial charge in [0.2, 0.25) is 0 Å². The van der Waals surface area contributed by atoms with Gasteiger partial charge in [-0.2, -0.15) is 5.10 Å². The zero-order chi connectivity index (χ0) is 8.72. The van der Waals surface area contributed by atoms with E-state index < -0.39 is 0 Å². The van der Waals surface area contributed by atoms with Gasteiger partial charge in [0.15, 0.2) is 5.15 Å². The van der Waals surface area contributed by atoms with Gasteiger partial charge < -0.3 is 0 Å². The maximum absolute atomic E-state index is 5.90. The molecule has 0 unspecified atom stereocenters. The van der Waals surface area contributed by atoms with Gasteiger partial charge in [-0.1, -0.05) is 11.6 Å². The average Bonchev–Trinajstić information content (AvgIpc) is 2.29. The molecule has 2 rings (SSSR count). The molecule has 0 saturated carbocycles. The molecule has 0 amide bonds. The maximum atomic E-state index is 5.90. The first kappa shape index (κ1) is 7.55. The zero-order valence-corrected chi connectivity index (χ0v) is 7.63. The molecule has 4 heteroatoms. The van der Waals surface area contributed by atoms with Crippen molar-refractivity contribution in [2.24, 2.45) is 0 Å². The quantitative estimate of drug-likeness (QED) is 0.622. The first-order valence-electron chi connectivity index (χ1n) is 3.65. The van der Waals surface area contributed by atoms with E-state index in [9.17, 15) is 0 Å². The third-order valence-corrected chi connectivity index (χ3v) is 2.15. The van der Waals surface area contributed by atoms with Crippen molar-refractivity contribution in [3.8, 4) is 0 Å². The molecule has 3 nitrogen and oxygen atoms in total. The van der Waals surface area contributed by atoms with Crippen LogP contribution in [0.5, 0.6) is 0 Å². The molecule has 0 spiro atoms. The largest absolute Gasteiger partial charge is 0.233 e. The summed E-state index contributed by atoms with van der Waals surface area (Å²) in [6, 6.07) is 2.04. The summed E-state index contributed by atoms with van der Waals surface area (Å²) in [4.78, 5) is 3.91. The third kappa shape index (κ3) is 0.898. The van der Waals surface area contributed by atoms with E-state index in [2.05, 4.69) is 10.1 Å². The second-order valence-corrected chi connectivity index (χ2v) is 3.14. The molecule has 2 aromatic rings. The van der Waals surface area contributed by atoms with Crippen LogP contribution in [0, 0.1) is 13.8 Å². The Morgan fingerprint density at radius 3 is 2.83 bits per heavy atom. The number of aromatic nitrogens is 3. The van der Waals surface area contributed by atoms with Crippen molar-refractivity contribution in [3.63, 3.8) is 0 Å². The van der Waals surface area contributed by atoms with Crippen LogP contribution in [0.1, 0.15) is 11.3 Å². The molecule has 0 aromatic carbocycles. The fourth-order valence-electron chi connectivity index (χ4n) is 1.37. The van der Waals surface area contributed by atoms with Gasteiger partial charge in [0.05, 0.1) is 0 Å². The highest BCUT2D eigenvalue weighted by Crippen LogP contribution is 2.19. The number of hydrogen-bond acceptors (Lipinski definition) is 2. The molecule has 62 valence electrons. The van der Waals surface area contributed by atoms with Gasteiger partial charge in [0.25, 0.3) is 0 Å². The van der Waals surface area contributed by atoms with Crippen molar-refractivity contribution < 1.29 is 0 Å². The summed E-state index contributed by atoms with van der Waals surface area (Å²) in [5.41, 5.74) is 3.08. The van der Waals surface area contributed by atoms with Crippen LogP contribution in [0.15, 0.2) is 12.4 Å². The molecule has 0 aliphatic heterocycles. The summed E-state index contributed by atoms with van der Waals surface area (Å²) in [5.74, 6) is 0. The van der Waals surface area contributed by atoms with Crippen molar-refractivity contribution >= 4 is 17.1 Å². The molecule has 0 saturated heterocycles. The maximum Gasteiger partial charge on any atom is 0.156 e. The molecular weight excluding hydrogens is 174 g/mol. The van der Waals surface area contributed by atoms with Crippen LogP contribution in [0.4, 0.5) is 0 Å². The molecule has 0 atom stereocenters. The highest BCUT2D eigenvalue weighted by molar-refractivity contribution is 6.32. The molecule has 12 heavy (non-hydrogen) atoms. The highest BCUT2D eigenvalue weighted by atomic mass is 35.5. The van der Waals surface area contributed by atoms with Gasteiger partial charge in [-0.3, -0.25) is 0 Å². The number of rotatable bonds is 0. The Bertz CT molecular complexity index is 433. The molecule has 0 fully saturated rings. The van der Waals surface area contributed by atoms with Gasteiger partial charge in [0.1, 0.15) is 11.8 Å². The number of hydrogen-bond donors (Lipinski definition) is 0. The molecular formula is C8H8ClN3. The predicted molar refractivity (Wildman–Crippen MR) is 47.5 cm³/mol. The molecule has 0 radical (unpaired) electrons. The summed E-state index contributed by atoms with van der Waals surface area (Å²) in [6.07, 6.45) is 1.46. The summed E-state index contributed by atoms with van der Waals surface area (Å²) in [6.45, 7) is 3.99. The van der Waals surface area contributed by atoms with Crippen molar-refractivity contribution in [3.05, 3.63) is 28.8 Å². The van der Waals surface area contributed by atoms with Crippen LogP contribution in [0.2, 0.25) is 5.15 Å². The van der Waals surface area contributed by atoms with Crippen LogP contribution in [-0.4, -0.2) is 14.6 Å². The van der Waals surface area contributed by atoms with E-state index in [1.54, 1.807) is 4.52 Å². The van der Waals surface area contributed by atoms with E-state index in [0.717, 1.165) is 16.8 Å². The second kappa shape index (κ2) is 2.45. The lowest BCUT2D eigenvalue weighted by Crippen LogP contribution is -1.94. The Kier molecular flexibility index (Phi) is 1.54. The van der Waals surface area contributed by atoms with Crippen LogP contribution in [0.25, 0.3) is 5.52 Å². The van der Waals surface area contributed by atoms with Crippen molar-refractivity contribution in [2.45, 2.75) is 13.8 Å². The van der Waals surface area contributed by atoms with Crippen molar-refractivity contribution in [2.75, 3.05) is 0 Å². The summed E-state index contributed by atoms with van der Waals surface area (Å²) < 4.78 is 1.80. The Balaban J connectivity index is 2.99. The van der Waals surface area contributed by atoms with Gasteiger partial charge in [-0.15, -0.1) is 0 Å². The number of fused-ring (bicyclic) bond motifs is 1. The second-order valence-electron chi connectivity index (χ2n) is 2.78. The summed E-state index contributed by atoms with van der Waals surface area (Å²) in [7, 11) is 0. The Morgan fingerprint density at radius 2 is 2.17 bits per heavy atom. The SMILES string of the molecule is Cc1cc(C)n2ncnc(Cl)c12. The number of halogens is 1. The van der Waals surface area contributed by atoms with Crippen LogP contribution >= 0.6 is 11.6 Å². The fraction of sp³-hybridized carbons (Fsp3) is 0.250. The van der Waals surface area contributed by atoms with Crippen molar-refractivity contribution in [1.82, 2.24) is 14.6 Å². The zero-order valence-electron chi connectivity index (χ0n) is 6.87. The molecule has 0 aliphatic rings. The van der Waals surface area contributed by atoms with Crippen LogP contribution in [-0.2, 0) is 0 Å². The molecule has 0 bridgehead atoms. The first-order valence-corrected chi connectivity index (χ1v) is 4.03. The average molecular weight is 182 g/mol. The number of aryl methyl sites for hydroxylation is 2. The van der Waals surface area contributed by atoms with Gasteiger partial charge in [0, 0.05) is 5.69 Å². The molecule has 2 heterocycles. The van der Waals surface area contributed by atoms with Gasteiger partial charge in [-0.25, -0.2) is 9.50 Å². The fourth-order valence-corrected chi connectivity index (χ4v) is 1.65. The standard InChI is InChI=1S/C8H8ClN3/c1-5-3-6(2)12-7(5)8(9)10-4-11-12/h3-4H,1-2H3. The molecule has 0 N–H and O–H groups in total. The Morgan fingerprint density at radius 1 is 1.42 bits per heavy atom. The summed E-state index contributed by atoms with van der Waals surface area (Å²) in [5, 5.41) is 4.59. The molecule has 2 aromatic heterocycles. The normalized spacial score (nSPS) is 10.9. The minimum Gasteiger partial charge on any atom is -0.233 e. The highest BCUT2D eigenvalue weighted by Gasteiger charge is 2.06. The third-order valence-electron chi connectivity index (χ3n) is 1.88. The minimum atomic E-state index is 0.510. The van der Waals surface area contributed by atoms with E-state index in [4.69, 9.17) is 11.6 Å². The van der Waals surface area contributed by atoms with Gasteiger partial charge >= 0.3 is 0 Å². The van der Waals surface area contributed by atoms with Crippen LogP contribution in [0.3, 0.4) is 0 Å². The van der Waals surface area contributed by atoms with Gasteiger partial charge in [-0.05, 0) is 25.5 Å². The smallest absolute Gasteiger partial charge is 0.156 e. The van der Waals surface area contributed by atoms with Crippen LogP contribution < -0.4 is 0 Å². The number of nitrogens with zero attached hydrogens (tertiary/aromatic N) is 3.